The smallest absolute Gasteiger partial charge is 0.133 e. The first-order chi connectivity index (χ1) is 9.65. The number of nitrogens with one attached hydrogen (secondary N) is 1. The van der Waals surface area contributed by atoms with Crippen molar-refractivity contribution < 1.29 is 0 Å². The van der Waals surface area contributed by atoms with Crippen molar-refractivity contribution in [1.29, 1.82) is 0 Å². The lowest BCUT2D eigenvalue weighted by Gasteiger charge is -2.32. The number of aromatic nitrogens is 1. The van der Waals surface area contributed by atoms with Crippen molar-refractivity contribution in [3.8, 4) is 0 Å². The van der Waals surface area contributed by atoms with E-state index in [4.69, 9.17) is 4.98 Å². The summed E-state index contributed by atoms with van der Waals surface area (Å²) in [6.07, 6.45) is 4.26. The SMILES string of the molecule is CCC1CN(C)CCCN1c1ncc(Br)cc1CNC. The Labute approximate surface area is 130 Å². The molecule has 1 atom stereocenters. The monoisotopic (exact) mass is 340 g/mol. The number of nitrogens with zero attached hydrogens (tertiary/aromatic N) is 3. The van der Waals surface area contributed by atoms with Crippen LogP contribution in [0.4, 0.5) is 5.82 Å². The first-order valence-corrected chi connectivity index (χ1v) is 8.19. The maximum absolute atomic E-state index is 4.71. The van der Waals surface area contributed by atoms with Crippen LogP contribution in [0.5, 0.6) is 0 Å². The molecule has 0 aromatic carbocycles. The summed E-state index contributed by atoms with van der Waals surface area (Å²) in [6.45, 7) is 6.50. The Kier molecular flexibility index (Phi) is 5.81. The molecule has 0 amide bonds. The van der Waals surface area contributed by atoms with Crippen LogP contribution >= 0.6 is 15.9 Å². The van der Waals surface area contributed by atoms with Crippen molar-refractivity contribution in [3.05, 3.63) is 22.3 Å². The average Bonchev–Trinajstić information content (AvgIpc) is 2.61. The fraction of sp³-hybridized carbons (Fsp3) is 0.667. The van der Waals surface area contributed by atoms with E-state index >= 15 is 0 Å². The number of rotatable bonds is 4. The lowest BCUT2D eigenvalue weighted by Crippen LogP contribution is -2.41. The van der Waals surface area contributed by atoms with E-state index in [2.05, 4.69) is 51.1 Å². The minimum Gasteiger partial charge on any atom is -0.352 e. The molecule has 1 fully saturated rings. The van der Waals surface area contributed by atoms with Crippen LogP contribution in [0.1, 0.15) is 25.3 Å². The van der Waals surface area contributed by atoms with Gasteiger partial charge < -0.3 is 15.1 Å². The average molecular weight is 341 g/mol. The van der Waals surface area contributed by atoms with Crippen LogP contribution in [0.2, 0.25) is 0 Å². The largest absolute Gasteiger partial charge is 0.352 e. The van der Waals surface area contributed by atoms with Gasteiger partial charge in [0.05, 0.1) is 0 Å². The molecule has 1 saturated heterocycles. The molecule has 2 rings (SSSR count). The lowest BCUT2D eigenvalue weighted by atomic mass is 10.1. The van der Waals surface area contributed by atoms with Crippen LogP contribution in [-0.2, 0) is 6.54 Å². The zero-order valence-electron chi connectivity index (χ0n) is 12.7. The van der Waals surface area contributed by atoms with E-state index in [0.29, 0.717) is 6.04 Å². The maximum atomic E-state index is 4.71. The number of halogens is 1. The second-order valence-corrected chi connectivity index (χ2v) is 6.45. The summed E-state index contributed by atoms with van der Waals surface area (Å²) in [5.74, 6) is 1.14. The number of hydrogen-bond donors (Lipinski definition) is 1. The van der Waals surface area contributed by atoms with Crippen molar-refractivity contribution in [1.82, 2.24) is 15.2 Å². The van der Waals surface area contributed by atoms with E-state index in [9.17, 15) is 0 Å². The molecule has 1 aliphatic rings. The molecule has 2 heterocycles. The van der Waals surface area contributed by atoms with Crippen LogP contribution in [-0.4, -0.2) is 49.7 Å². The van der Waals surface area contributed by atoms with Gasteiger partial charge >= 0.3 is 0 Å². The summed E-state index contributed by atoms with van der Waals surface area (Å²) in [6, 6.07) is 2.73. The predicted octanol–water partition coefficient (Wildman–Crippen LogP) is 2.48. The Morgan fingerprint density at radius 3 is 2.95 bits per heavy atom. The van der Waals surface area contributed by atoms with Crippen molar-refractivity contribution in [3.63, 3.8) is 0 Å². The Balaban J connectivity index is 2.31. The third-order valence-electron chi connectivity index (χ3n) is 3.92. The van der Waals surface area contributed by atoms with E-state index in [0.717, 1.165) is 36.3 Å². The molecule has 5 heteroatoms. The van der Waals surface area contributed by atoms with Gasteiger partial charge in [0, 0.05) is 41.9 Å². The molecule has 4 nitrogen and oxygen atoms in total. The summed E-state index contributed by atoms with van der Waals surface area (Å²) < 4.78 is 1.05. The molecule has 1 unspecified atom stereocenters. The molecule has 0 aliphatic carbocycles. The van der Waals surface area contributed by atoms with E-state index in [1.807, 2.05) is 13.2 Å². The molecule has 20 heavy (non-hydrogen) atoms. The molecular weight excluding hydrogens is 316 g/mol. The van der Waals surface area contributed by atoms with Crippen molar-refractivity contribution in [2.75, 3.05) is 38.6 Å². The second-order valence-electron chi connectivity index (χ2n) is 5.54. The van der Waals surface area contributed by atoms with E-state index in [1.165, 1.54) is 18.5 Å². The van der Waals surface area contributed by atoms with Gasteiger partial charge in [0.1, 0.15) is 5.82 Å². The summed E-state index contributed by atoms with van der Waals surface area (Å²) in [5.41, 5.74) is 1.27. The van der Waals surface area contributed by atoms with Crippen molar-refractivity contribution >= 4 is 21.7 Å². The molecule has 0 saturated carbocycles. The van der Waals surface area contributed by atoms with Gasteiger partial charge in [-0.1, -0.05) is 6.92 Å². The highest BCUT2D eigenvalue weighted by atomic mass is 79.9. The normalized spacial score (nSPS) is 21.0. The third-order valence-corrected chi connectivity index (χ3v) is 4.36. The molecule has 112 valence electrons. The van der Waals surface area contributed by atoms with E-state index < -0.39 is 0 Å². The molecule has 1 N–H and O–H groups in total. The van der Waals surface area contributed by atoms with Gasteiger partial charge in [-0.2, -0.15) is 0 Å². The van der Waals surface area contributed by atoms with Crippen molar-refractivity contribution in [2.45, 2.75) is 32.4 Å². The number of hydrogen-bond acceptors (Lipinski definition) is 4. The van der Waals surface area contributed by atoms with Crippen LogP contribution in [0.25, 0.3) is 0 Å². The fourth-order valence-electron chi connectivity index (χ4n) is 2.92. The van der Waals surface area contributed by atoms with E-state index in [1.54, 1.807) is 0 Å². The lowest BCUT2D eigenvalue weighted by molar-refractivity contribution is 0.327. The van der Waals surface area contributed by atoms with Crippen LogP contribution in [0.3, 0.4) is 0 Å². The number of pyridine rings is 1. The summed E-state index contributed by atoms with van der Waals surface area (Å²) in [7, 11) is 4.20. The van der Waals surface area contributed by atoms with Crippen LogP contribution < -0.4 is 10.2 Å². The molecule has 1 aromatic rings. The Hall–Kier alpha value is -0.650. The first kappa shape index (κ1) is 15.7. The molecule has 0 bridgehead atoms. The number of anilines is 1. The van der Waals surface area contributed by atoms with Gasteiger partial charge in [0.15, 0.2) is 0 Å². The van der Waals surface area contributed by atoms with E-state index in [-0.39, 0.29) is 0 Å². The fourth-order valence-corrected chi connectivity index (χ4v) is 3.30. The van der Waals surface area contributed by atoms with Crippen LogP contribution in [0, 0.1) is 0 Å². The zero-order valence-corrected chi connectivity index (χ0v) is 14.3. The maximum Gasteiger partial charge on any atom is 0.133 e. The standard InChI is InChI=1S/C15H25BrN4/c1-4-14-11-19(3)6-5-7-20(14)15-12(9-17-2)8-13(16)10-18-15/h8,10,14,17H,4-7,9,11H2,1-3H3. The Bertz CT molecular complexity index is 438. The highest BCUT2D eigenvalue weighted by Crippen LogP contribution is 2.26. The van der Waals surface area contributed by atoms with Gasteiger partial charge in [-0.05, 0) is 55.5 Å². The molecule has 0 spiro atoms. The van der Waals surface area contributed by atoms with Gasteiger partial charge in [-0.25, -0.2) is 4.98 Å². The summed E-state index contributed by atoms with van der Waals surface area (Å²) >= 11 is 3.53. The number of likely N-dealkylation sites (N-methyl/N-ethyl adjacent to an activating group) is 1. The van der Waals surface area contributed by atoms with Gasteiger partial charge in [-0.3, -0.25) is 0 Å². The first-order valence-electron chi connectivity index (χ1n) is 7.40. The summed E-state index contributed by atoms with van der Waals surface area (Å²) in [4.78, 5) is 9.64. The van der Waals surface area contributed by atoms with Crippen molar-refractivity contribution in [2.24, 2.45) is 0 Å². The van der Waals surface area contributed by atoms with Crippen LogP contribution in [0.15, 0.2) is 16.7 Å². The molecule has 1 aromatic heterocycles. The predicted molar refractivity (Wildman–Crippen MR) is 88.2 cm³/mol. The second kappa shape index (κ2) is 7.38. The minimum absolute atomic E-state index is 0.548. The van der Waals surface area contributed by atoms with Gasteiger partial charge in [0.25, 0.3) is 0 Å². The minimum atomic E-state index is 0.548. The Morgan fingerprint density at radius 1 is 1.45 bits per heavy atom. The highest BCUT2D eigenvalue weighted by Gasteiger charge is 2.24. The summed E-state index contributed by atoms with van der Waals surface area (Å²) in [5, 5.41) is 3.25. The van der Waals surface area contributed by atoms with Gasteiger partial charge in [-0.15, -0.1) is 0 Å². The quantitative estimate of drug-likeness (QED) is 0.912. The molecule has 1 aliphatic heterocycles. The molecular formula is C15H25BrN4. The topological polar surface area (TPSA) is 31.4 Å². The van der Waals surface area contributed by atoms with Gasteiger partial charge in [0.2, 0.25) is 0 Å². The third kappa shape index (κ3) is 3.71. The zero-order chi connectivity index (χ0) is 14.5. The molecule has 0 radical (unpaired) electrons. The highest BCUT2D eigenvalue weighted by molar-refractivity contribution is 9.10. The Morgan fingerprint density at radius 2 is 2.25 bits per heavy atom.